The molecule has 2 aromatic rings. The Morgan fingerprint density at radius 1 is 1.14 bits per heavy atom. The van der Waals surface area contributed by atoms with Crippen molar-refractivity contribution in [3.8, 4) is 5.88 Å². The lowest BCUT2D eigenvalue weighted by Gasteiger charge is -2.23. The van der Waals surface area contributed by atoms with Gasteiger partial charge < -0.3 is 9.22 Å². The zero-order valence-corrected chi connectivity index (χ0v) is 13.7. The van der Waals surface area contributed by atoms with Gasteiger partial charge in [-0.3, -0.25) is 0 Å². The van der Waals surface area contributed by atoms with Crippen LogP contribution in [0.4, 0.5) is 0 Å². The predicted octanol–water partition coefficient (Wildman–Crippen LogP) is 3.66. The molecule has 1 aromatic carbocycles. The lowest BCUT2D eigenvalue weighted by Crippen LogP contribution is -2.38. The molecule has 0 amide bonds. The highest BCUT2D eigenvalue weighted by atomic mass is 16.5. The number of benzene rings is 1. The highest BCUT2D eigenvalue weighted by Gasteiger charge is 2.10. The van der Waals surface area contributed by atoms with E-state index in [1.807, 2.05) is 6.07 Å². The summed E-state index contributed by atoms with van der Waals surface area (Å²) in [6.45, 7) is 3.87. The number of ether oxygens (including phenoxy) is 1. The fourth-order valence-electron chi connectivity index (χ4n) is 2.23. The van der Waals surface area contributed by atoms with Gasteiger partial charge in [-0.15, -0.1) is 0 Å². The molecule has 3 nitrogen and oxygen atoms in total. The Labute approximate surface area is 128 Å². The second-order valence-electron chi connectivity index (χ2n) is 6.61. The SMILES string of the molecule is CCCCc1cc2ccccc2c(OCC[N+](C)(C)C)n1. The number of nitrogens with zero attached hydrogens (tertiary/aromatic N) is 2. The van der Waals surface area contributed by atoms with Crippen molar-refractivity contribution in [1.82, 2.24) is 4.98 Å². The minimum absolute atomic E-state index is 0.692. The van der Waals surface area contributed by atoms with Crippen molar-refractivity contribution < 1.29 is 9.22 Å². The molecule has 0 unspecified atom stereocenters. The average Bonchev–Trinajstić information content (AvgIpc) is 2.43. The minimum atomic E-state index is 0.692. The summed E-state index contributed by atoms with van der Waals surface area (Å²) in [5.41, 5.74) is 1.13. The molecule has 0 spiro atoms. The maximum atomic E-state index is 5.99. The van der Waals surface area contributed by atoms with Crippen LogP contribution in [0.1, 0.15) is 25.5 Å². The first kappa shape index (κ1) is 15.8. The van der Waals surface area contributed by atoms with E-state index in [1.54, 1.807) is 0 Å². The Hall–Kier alpha value is -1.61. The first-order valence-corrected chi connectivity index (χ1v) is 7.81. The largest absolute Gasteiger partial charge is 0.471 e. The van der Waals surface area contributed by atoms with Gasteiger partial charge in [0.1, 0.15) is 13.2 Å². The standard InChI is InChI=1S/C18H27N2O/c1-5-6-10-16-14-15-9-7-8-11-17(15)18(19-16)21-13-12-20(2,3)4/h7-9,11,14H,5-6,10,12-13H2,1-4H3/q+1. The van der Waals surface area contributed by atoms with Crippen LogP contribution in [0.5, 0.6) is 5.88 Å². The molecular formula is C18H27N2O+. The second-order valence-corrected chi connectivity index (χ2v) is 6.61. The van der Waals surface area contributed by atoms with Crippen molar-refractivity contribution in [2.75, 3.05) is 34.3 Å². The van der Waals surface area contributed by atoms with E-state index in [2.05, 4.69) is 52.3 Å². The van der Waals surface area contributed by atoms with Crippen LogP contribution >= 0.6 is 0 Å². The van der Waals surface area contributed by atoms with Crippen LogP contribution in [-0.2, 0) is 6.42 Å². The van der Waals surface area contributed by atoms with Crippen LogP contribution in [-0.4, -0.2) is 43.8 Å². The van der Waals surface area contributed by atoms with Crippen molar-refractivity contribution in [2.45, 2.75) is 26.2 Å². The summed E-state index contributed by atoms with van der Waals surface area (Å²) in [5.74, 6) is 0.785. The zero-order valence-electron chi connectivity index (χ0n) is 13.7. The van der Waals surface area contributed by atoms with E-state index >= 15 is 0 Å². The Morgan fingerprint density at radius 2 is 1.90 bits per heavy atom. The van der Waals surface area contributed by atoms with Gasteiger partial charge in [0.05, 0.1) is 21.1 Å². The molecule has 0 fully saturated rings. The molecule has 0 aliphatic heterocycles. The van der Waals surface area contributed by atoms with E-state index in [-0.39, 0.29) is 0 Å². The number of aryl methyl sites for hydroxylation is 1. The Kier molecular flexibility index (Phi) is 5.18. The molecule has 2 rings (SSSR count). The molecule has 0 bridgehead atoms. The van der Waals surface area contributed by atoms with Crippen molar-refractivity contribution in [3.05, 3.63) is 36.0 Å². The summed E-state index contributed by atoms with van der Waals surface area (Å²) < 4.78 is 6.89. The van der Waals surface area contributed by atoms with Crippen LogP contribution in [0.3, 0.4) is 0 Å². The topological polar surface area (TPSA) is 22.1 Å². The Bertz CT molecular complexity index is 587. The molecule has 21 heavy (non-hydrogen) atoms. The quantitative estimate of drug-likeness (QED) is 0.725. The predicted molar refractivity (Wildman–Crippen MR) is 88.7 cm³/mol. The van der Waals surface area contributed by atoms with Crippen LogP contribution in [0.15, 0.2) is 30.3 Å². The molecule has 114 valence electrons. The van der Waals surface area contributed by atoms with Gasteiger partial charge in [-0.05, 0) is 30.4 Å². The molecular weight excluding hydrogens is 260 g/mol. The smallest absolute Gasteiger partial charge is 0.221 e. The summed E-state index contributed by atoms with van der Waals surface area (Å²) in [6, 6.07) is 10.5. The normalized spacial score (nSPS) is 11.8. The maximum absolute atomic E-state index is 5.99. The van der Waals surface area contributed by atoms with Crippen molar-refractivity contribution in [1.29, 1.82) is 0 Å². The van der Waals surface area contributed by atoms with Gasteiger partial charge >= 0.3 is 0 Å². The van der Waals surface area contributed by atoms with E-state index in [1.165, 1.54) is 18.2 Å². The first-order chi connectivity index (χ1) is 9.99. The van der Waals surface area contributed by atoms with E-state index in [9.17, 15) is 0 Å². The summed E-state index contributed by atoms with van der Waals surface area (Å²) in [6.07, 6.45) is 3.38. The molecule has 0 aliphatic carbocycles. The summed E-state index contributed by atoms with van der Waals surface area (Å²) in [4.78, 5) is 4.73. The molecule has 0 saturated carbocycles. The van der Waals surface area contributed by atoms with E-state index in [4.69, 9.17) is 9.72 Å². The molecule has 1 aromatic heterocycles. The number of rotatable bonds is 7. The average molecular weight is 287 g/mol. The van der Waals surface area contributed by atoms with Crippen molar-refractivity contribution in [3.63, 3.8) is 0 Å². The number of quaternary nitrogens is 1. The number of aromatic nitrogens is 1. The third kappa shape index (κ3) is 4.71. The third-order valence-electron chi connectivity index (χ3n) is 3.55. The number of hydrogen-bond donors (Lipinski definition) is 0. The second kappa shape index (κ2) is 6.90. The van der Waals surface area contributed by atoms with Gasteiger partial charge in [-0.2, -0.15) is 0 Å². The fraction of sp³-hybridized carbons (Fsp3) is 0.500. The minimum Gasteiger partial charge on any atom is -0.471 e. The molecule has 1 heterocycles. The highest BCUT2D eigenvalue weighted by molar-refractivity contribution is 5.87. The first-order valence-electron chi connectivity index (χ1n) is 7.81. The summed E-state index contributed by atoms with van der Waals surface area (Å²) in [7, 11) is 6.52. The molecule has 0 atom stereocenters. The van der Waals surface area contributed by atoms with Gasteiger partial charge in [0.25, 0.3) is 0 Å². The fourth-order valence-corrected chi connectivity index (χ4v) is 2.23. The maximum Gasteiger partial charge on any atom is 0.221 e. The molecule has 3 heteroatoms. The van der Waals surface area contributed by atoms with Crippen molar-refractivity contribution in [2.24, 2.45) is 0 Å². The van der Waals surface area contributed by atoms with Crippen LogP contribution in [0.2, 0.25) is 0 Å². The van der Waals surface area contributed by atoms with Gasteiger partial charge in [0.15, 0.2) is 0 Å². The third-order valence-corrected chi connectivity index (χ3v) is 3.55. The van der Waals surface area contributed by atoms with Gasteiger partial charge in [0.2, 0.25) is 5.88 Å². The number of unbranched alkanes of at least 4 members (excludes halogenated alkanes) is 1. The summed E-state index contributed by atoms with van der Waals surface area (Å²) in [5, 5.41) is 2.33. The van der Waals surface area contributed by atoms with Crippen LogP contribution < -0.4 is 4.74 Å². The summed E-state index contributed by atoms with van der Waals surface area (Å²) >= 11 is 0. The zero-order chi connectivity index (χ0) is 15.3. The lowest BCUT2D eigenvalue weighted by atomic mass is 10.1. The van der Waals surface area contributed by atoms with E-state index in [0.29, 0.717) is 6.61 Å². The van der Waals surface area contributed by atoms with Crippen LogP contribution in [0, 0.1) is 0 Å². The number of pyridine rings is 1. The number of likely N-dealkylation sites (N-methyl/N-ethyl adjacent to an activating group) is 1. The van der Waals surface area contributed by atoms with Gasteiger partial charge in [-0.1, -0.05) is 31.5 Å². The monoisotopic (exact) mass is 287 g/mol. The van der Waals surface area contributed by atoms with Crippen LogP contribution in [0.25, 0.3) is 10.8 Å². The van der Waals surface area contributed by atoms with Crippen molar-refractivity contribution >= 4 is 10.8 Å². The number of fused-ring (bicyclic) bond motifs is 1. The lowest BCUT2D eigenvalue weighted by molar-refractivity contribution is -0.870. The van der Waals surface area contributed by atoms with E-state index < -0.39 is 0 Å². The molecule has 0 aliphatic rings. The molecule has 0 radical (unpaired) electrons. The van der Waals surface area contributed by atoms with E-state index in [0.717, 1.165) is 34.4 Å². The Balaban J connectivity index is 2.22. The molecule has 0 saturated heterocycles. The van der Waals surface area contributed by atoms with Gasteiger partial charge in [-0.25, -0.2) is 4.98 Å². The molecule has 0 N–H and O–H groups in total. The van der Waals surface area contributed by atoms with Gasteiger partial charge in [0, 0.05) is 11.1 Å². The Morgan fingerprint density at radius 3 is 2.62 bits per heavy atom. The number of hydrogen-bond acceptors (Lipinski definition) is 2. The highest BCUT2D eigenvalue weighted by Crippen LogP contribution is 2.25.